The number of ether oxygens (including phenoxy) is 1. The molecule has 27 heavy (non-hydrogen) atoms. The molecule has 0 radical (unpaired) electrons. The van der Waals surface area contributed by atoms with Crippen molar-refractivity contribution in [1.82, 2.24) is 10.6 Å². The van der Waals surface area contributed by atoms with Gasteiger partial charge in [0.1, 0.15) is 0 Å². The second-order valence-electron chi connectivity index (χ2n) is 6.18. The molecule has 0 aliphatic carbocycles. The van der Waals surface area contributed by atoms with Gasteiger partial charge in [0.2, 0.25) is 0 Å². The zero-order valence-electron chi connectivity index (χ0n) is 15.6. The molecule has 6 nitrogen and oxygen atoms in total. The molecule has 2 aromatic carbocycles. The van der Waals surface area contributed by atoms with Gasteiger partial charge in [-0.15, -0.1) is 0 Å². The van der Waals surface area contributed by atoms with Crippen molar-refractivity contribution in [2.24, 2.45) is 0 Å². The van der Waals surface area contributed by atoms with Crippen molar-refractivity contribution in [2.75, 3.05) is 13.2 Å². The molecule has 0 aliphatic rings. The lowest BCUT2D eigenvalue weighted by molar-refractivity contribution is -0.148. The first-order chi connectivity index (χ1) is 13.0. The van der Waals surface area contributed by atoms with E-state index in [1.54, 1.807) is 12.1 Å². The minimum Gasteiger partial charge on any atom is -0.456 e. The Bertz CT molecular complexity index is 817. The second kappa shape index (κ2) is 10.1. The van der Waals surface area contributed by atoms with Crippen molar-refractivity contribution >= 4 is 17.8 Å². The molecular weight excluding hydrogens is 344 g/mol. The van der Waals surface area contributed by atoms with Crippen LogP contribution in [0.2, 0.25) is 0 Å². The zero-order chi connectivity index (χ0) is 19.6. The molecule has 0 saturated heterocycles. The normalized spacial score (nSPS) is 10.1. The minimum atomic E-state index is -0.536. The number of hydrogen-bond donors (Lipinski definition) is 2. The van der Waals surface area contributed by atoms with Gasteiger partial charge in [0.15, 0.2) is 6.61 Å². The van der Waals surface area contributed by atoms with Crippen LogP contribution in [0.4, 0.5) is 0 Å². The number of rotatable bonds is 8. The molecule has 0 saturated carbocycles. The van der Waals surface area contributed by atoms with E-state index in [1.165, 1.54) is 0 Å². The molecule has 0 spiro atoms. The Balaban J connectivity index is 1.64. The summed E-state index contributed by atoms with van der Waals surface area (Å²) in [4.78, 5) is 35.5. The highest BCUT2D eigenvalue weighted by atomic mass is 16.5. The van der Waals surface area contributed by atoms with Crippen molar-refractivity contribution < 1.29 is 19.1 Å². The Kier molecular flexibility index (Phi) is 7.55. The van der Waals surface area contributed by atoms with E-state index in [1.807, 2.05) is 50.2 Å². The fraction of sp³-hybridized carbons (Fsp3) is 0.286. The summed E-state index contributed by atoms with van der Waals surface area (Å²) >= 11 is 0. The third kappa shape index (κ3) is 6.58. The van der Waals surface area contributed by atoms with E-state index >= 15 is 0 Å². The number of benzene rings is 2. The Morgan fingerprint density at radius 2 is 1.56 bits per heavy atom. The lowest BCUT2D eigenvalue weighted by atomic mass is 10.1. The highest BCUT2D eigenvalue weighted by Gasteiger charge is 2.11. The third-order valence-corrected chi connectivity index (χ3v) is 4.11. The maximum absolute atomic E-state index is 12.0. The molecule has 0 fully saturated rings. The van der Waals surface area contributed by atoms with Gasteiger partial charge in [-0.25, -0.2) is 0 Å². The number of carbonyl (C=O) groups is 3. The highest BCUT2D eigenvalue weighted by Crippen LogP contribution is 2.07. The quantitative estimate of drug-likeness (QED) is 0.700. The highest BCUT2D eigenvalue weighted by molar-refractivity contribution is 5.95. The second-order valence-corrected chi connectivity index (χ2v) is 6.18. The van der Waals surface area contributed by atoms with E-state index < -0.39 is 5.97 Å². The molecule has 0 atom stereocenters. The SMILES string of the molecule is Cc1ccccc1CNC(=O)COC(=O)CCNC(=O)c1ccccc1C. The summed E-state index contributed by atoms with van der Waals surface area (Å²) in [6.07, 6.45) is 0.00267. The van der Waals surface area contributed by atoms with Crippen molar-refractivity contribution in [3.8, 4) is 0 Å². The molecule has 2 N–H and O–H groups in total. The summed E-state index contributed by atoms with van der Waals surface area (Å²) in [6.45, 7) is 4.01. The fourth-order valence-corrected chi connectivity index (χ4v) is 2.47. The summed E-state index contributed by atoms with van der Waals surface area (Å²) in [5.41, 5.74) is 3.53. The number of esters is 1. The maximum Gasteiger partial charge on any atom is 0.308 e. The van der Waals surface area contributed by atoms with E-state index in [0.29, 0.717) is 12.1 Å². The van der Waals surface area contributed by atoms with Crippen LogP contribution in [0.5, 0.6) is 0 Å². The average molecular weight is 368 g/mol. The molecule has 0 bridgehead atoms. The first-order valence-electron chi connectivity index (χ1n) is 8.78. The molecule has 6 heteroatoms. The van der Waals surface area contributed by atoms with Crippen LogP contribution in [0.25, 0.3) is 0 Å². The fourth-order valence-electron chi connectivity index (χ4n) is 2.47. The Hall–Kier alpha value is -3.15. The van der Waals surface area contributed by atoms with Crippen LogP contribution < -0.4 is 10.6 Å². The molecule has 0 unspecified atom stereocenters. The van der Waals surface area contributed by atoms with Gasteiger partial charge in [0, 0.05) is 18.7 Å². The van der Waals surface area contributed by atoms with Crippen molar-refractivity contribution in [3.05, 3.63) is 70.8 Å². The van der Waals surface area contributed by atoms with Crippen LogP contribution in [0.1, 0.15) is 33.5 Å². The van der Waals surface area contributed by atoms with Gasteiger partial charge in [-0.2, -0.15) is 0 Å². The first-order valence-corrected chi connectivity index (χ1v) is 8.78. The molecule has 0 heterocycles. The maximum atomic E-state index is 12.0. The summed E-state index contributed by atoms with van der Waals surface area (Å²) in [6, 6.07) is 14.9. The first kappa shape index (κ1) is 20.2. The number of aryl methyl sites for hydroxylation is 2. The van der Waals surface area contributed by atoms with Crippen molar-refractivity contribution in [2.45, 2.75) is 26.8 Å². The molecule has 0 aliphatic heterocycles. The lowest BCUT2D eigenvalue weighted by Gasteiger charge is -2.09. The van der Waals surface area contributed by atoms with Gasteiger partial charge < -0.3 is 15.4 Å². The lowest BCUT2D eigenvalue weighted by Crippen LogP contribution is -2.30. The van der Waals surface area contributed by atoms with Crippen LogP contribution in [-0.2, 0) is 20.9 Å². The predicted molar refractivity (Wildman–Crippen MR) is 102 cm³/mol. The van der Waals surface area contributed by atoms with E-state index in [-0.39, 0.29) is 31.4 Å². The Morgan fingerprint density at radius 1 is 0.889 bits per heavy atom. The standard InChI is InChI=1S/C21H24N2O4/c1-15-7-3-5-9-17(15)13-23-19(24)14-27-20(25)11-12-22-21(26)18-10-6-4-8-16(18)2/h3-10H,11-14H2,1-2H3,(H,22,26)(H,23,24). The molecule has 2 rings (SSSR count). The van der Waals surface area contributed by atoms with Gasteiger partial charge in [-0.05, 0) is 36.6 Å². The monoisotopic (exact) mass is 368 g/mol. The summed E-state index contributed by atoms with van der Waals surface area (Å²) in [7, 11) is 0. The van der Waals surface area contributed by atoms with E-state index in [9.17, 15) is 14.4 Å². The van der Waals surface area contributed by atoms with E-state index in [2.05, 4.69) is 10.6 Å². The van der Waals surface area contributed by atoms with Crippen molar-refractivity contribution in [3.63, 3.8) is 0 Å². The predicted octanol–water partition coefficient (Wildman–Crippen LogP) is 2.28. The largest absolute Gasteiger partial charge is 0.456 e. The Morgan fingerprint density at radius 3 is 2.26 bits per heavy atom. The minimum absolute atomic E-state index is 0.00267. The molecule has 2 aromatic rings. The van der Waals surface area contributed by atoms with Crippen LogP contribution in [-0.4, -0.2) is 30.9 Å². The number of carbonyl (C=O) groups excluding carboxylic acids is 3. The van der Waals surface area contributed by atoms with Gasteiger partial charge in [0.05, 0.1) is 6.42 Å². The number of nitrogens with one attached hydrogen (secondary N) is 2. The summed E-state index contributed by atoms with van der Waals surface area (Å²) in [5.74, 6) is -1.14. The number of hydrogen-bond acceptors (Lipinski definition) is 4. The molecule has 2 amide bonds. The molecular formula is C21H24N2O4. The third-order valence-electron chi connectivity index (χ3n) is 4.11. The van der Waals surface area contributed by atoms with Crippen LogP contribution >= 0.6 is 0 Å². The topological polar surface area (TPSA) is 84.5 Å². The van der Waals surface area contributed by atoms with E-state index in [4.69, 9.17) is 4.74 Å². The summed E-state index contributed by atoms with van der Waals surface area (Å²) < 4.78 is 4.93. The Labute approximate surface area is 158 Å². The smallest absolute Gasteiger partial charge is 0.308 e. The molecule has 0 aromatic heterocycles. The van der Waals surface area contributed by atoms with Crippen LogP contribution in [0.3, 0.4) is 0 Å². The van der Waals surface area contributed by atoms with E-state index in [0.717, 1.165) is 16.7 Å². The van der Waals surface area contributed by atoms with Gasteiger partial charge in [0.25, 0.3) is 11.8 Å². The average Bonchev–Trinajstić information content (AvgIpc) is 2.66. The van der Waals surface area contributed by atoms with Crippen molar-refractivity contribution in [1.29, 1.82) is 0 Å². The van der Waals surface area contributed by atoms with Crippen LogP contribution in [0, 0.1) is 13.8 Å². The summed E-state index contributed by atoms with van der Waals surface area (Å²) in [5, 5.41) is 5.38. The number of amides is 2. The van der Waals surface area contributed by atoms with Gasteiger partial charge >= 0.3 is 5.97 Å². The zero-order valence-corrected chi connectivity index (χ0v) is 15.6. The molecule has 142 valence electrons. The van der Waals surface area contributed by atoms with Crippen LogP contribution in [0.15, 0.2) is 48.5 Å². The van der Waals surface area contributed by atoms with Gasteiger partial charge in [-0.1, -0.05) is 42.5 Å². The van der Waals surface area contributed by atoms with Gasteiger partial charge in [-0.3, -0.25) is 14.4 Å².